The topological polar surface area (TPSA) is 17.1 Å². The van der Waals surface area contributed by atoms with Crippen LogP contribution in [0.5, 0.6) is 0 Å². The van der Waals surface area contributed by atoms with Crippen LogP contribution in [-0.2, 0) is 4.79 Å². The van der Waals surface area contributed by atoms with Gasteiger partial charge in [0.15, 0.2) is 0 Å². The predicted molar refractivity (Wildman–Crippen MR) is 74.2 cm³/mol. The molecular weight excluding hydrogens is 232 g/mol. The molecular formula is C15H17ClO. The molecule has 0 radical (unpaired) electrons. The Morgan fingerprint density at radius 2 is 1.00 bits per heavy atom. The molecule has 0 atom stereocenters. The van der Waals surface area contributed by atoms with E-state index in [1.165, 1.54) is 13.8 Å². The lowest BCUT2D eigenvalue weighted by Crippen LogP contribution is -1.69. The van der Waals surface area contributed by atoms with Crippen molar-refractivity contribution < 1.29 is 4.79 Å². The van der Waals surface area contributed by atoms with Crippen molar-refractivity contribution in [1.29, 1.82) is 0 Å². The molecule has 0 saturated carbocycles. The Balaban J connectivity index is 0.000000236. The van der Waals surface area contributed by atoms with Crippen molar-refractivity contribution >= 4 is 17.4 Å². The van der Waals surface area contributed by atoms with E-state index in [2.05, 4.69) is 0 Å². The van der Waals surface area contributed by atoms with Crippen LogP contribution in [-0.4, -0.2) is 5.78 Å². The molecule has 0 fully saturated rings. The fraction of sp³-hybridized carbons (Fsp3) is 0.133. The minimum atomic E-state index is 0.167. The molecule has 2 aromatic rings. The molecule has 0 aliphatic rings. The Labute approximate surface area is 108 Å². The quantitative estimate of drug-likeness (QED) is 0.665. The van der Waals surface area contributed by atoms with Gasteiger partial charge in [-0.1, -0.05) is 66.2 Å². The van der Waals surface area contributed by atoms with E-state index >= 15 is 0 Å². The number of ketones is 1. The highest BCUT2D eigenvalue weighted by molar-refractivity contribution is 6.30. The van der Waals surface area contributed by atoms with Crippen molar-refractivity contribution in [2.75, 3.05) is 0 Å². The lowest BCUT2D eigenvalue weighted by molar-refractivity contribution is -0.114. The van der Waals surface area contributed by atoms with E-state index in [1.54, 1.807) is 0 Å². The molecule has 1 nitrogen and oxygen atoms in total. The standard InChI is InChI=1S/C6H5Cl.C6H6.C3H6O/c7-6-4-2-1-3-5-6;1-2-4-6-5-3-1;1-3(2)4/h1-5H;1-6H;1-2H3. The number of Topliss-reactive ketones (excluding diaryl/α,β-unsaturated/α-hetero) is 1. The van der Waals surface area contributed by atoms with Gasteiger partial charge in [-0.2, -0.15) is 0 Å². The summed E-state index contributed by atoms with van der Waals surface area (Å²) < 4.78 is 0. The number of rotatable bonds is 0. The van der Waals surface area contributed by atoms with Crippen molar-refractivity contribution in [2.24, 2.45) is 0 Å². The van der Waals surface area contributed by atoms with Gasteiger partial charge in [0.25, 0.3) is 0 Å². The van der Waals surface area contributed by atoms with Crippen molar-refractivity contribution in [1.82, 2.24) is 0 Å². The lowest BCUT2D eigenvalue weighted by atomic mass is 10.4. The summed E-state index contributed by atoms with van der Waals surface area (Å²) in [7, 11) is 0. The maximum absolute atomic E-state index is 9.44. The summed E-state index contributed by atoms with van der Waals surface area (Å²) >= 11 is 5.54. The average Bonchev–Trinajstić information content (AvgIpc) is 2.32. The van der Waals surface area contributed by atoms with E-state index in [4.69, 9.17) is 11.6 Å². The zero-order valence-corrected chi connectivity index (χ0v) is 10.9. The minimum Gasteiger partial charge on any atom is -0.300 e. The third-order valence-corrected chi connectivity index (χ3v) is 1.65. The Bertz CT molecular complexity index is 353. The summed E-state index contributed by atoms with van der Waals surface area (Å²) in [5.74, 6) is 0.167. The molecule has 0 aliphatic heterocycles. The number of hydrogen-bond donors (Lipinski definition) is 0. The van der Waals surface area contributed by atoms with Crippen LogP contribution in [0.4, 0.5) is 0 Å². The highest BCUT2D eigenvalue weighted by Gasteiger charge is 1.74. The second-order valence-electron chi connectivity index (χ2n) is 3.36. The first-order valence-electron chi connectivity index (χ1n) is 5.30. The molecule has 90 valence electrons. The SMILES string of the molecule is CC(C)=O.Clc1ccccc1.c1ccccc1. The van der Waals surface area contributed by atoms with E-state index in [1.807, 2.05) is 66.7 Å². The summed E-state index contributed by atoms with van der Waals surface area (Å²) in [6.07, 6.45) is 0. The second kappa shape index (κ2) is 10.9. The molecule has 2 heteroatoms. The third-order valence-electron chi connectivity index (χ3n) is 1.40. The van der Waals surface area contributed by atoms with Crippen LogP contribution < -0.4 is 0 Å². The molecule has 0 saturated heterocycles. The van der Waals surface area contributed by atoms with Gasteiger partial charge in [0.05, 0.1) is 0 Å². The molecule has 2 aromatic carbocycles. The average molecular weight is 249 g/mol. The number of benzene rings is 2. The molecule has 0 unspecified atom stereocenters. The first-order chi connectivity index (χ1) is 8.13. The normalized spacial score (nSPS) is 7.94. The largest absolute Gasteiger partial charge is 0.300 e. The monoisotopic (exact) mass is 248 g/mol. The van der Waals surface area contributed by atoms with Crippen molar-refractivity contribution in [3.63, 3.8) is 0 Å². The van der Waals surface area contributed by atoms with E-state index in [9.17, 15) is 4.79 Å². The lowest BCUT2D eigenvalue weighted by Gasteiger charge is -1.80. The molecule has 0 aliphatic carbocycles. The number of halogens is 1. The maximum atomic E-state index is 9.44. The van der Waals surface area contributed by atoms with Crippen LogP contribution in [0.3, 0.4) is 0 Å². The van der Waals surface area contributed by atoms with Gasteiger partial charge in [-0.3, -0.25) is 0 Å². The van der Waals surface area contributed by atoms with Gasteiger partial charge in [-0.15, -0.1) is 0 Å². The first kappa shape index (κ1) is 15.4. The van der Waals surface area contributed by atoms with Crippen molar-refractivity contribution in [2.45, 2.75) is 13.8 Å². The van der Waals surface area contributed by atoms with Crippen molar-refractivity contribution in [3.8, 4) is 0 Å². The van der Waals surface area contributed by atoms with Crippen LogP contribution >= 0.6 is 11.6 Å². The summed E-state index contributed by atoms with van der Waals surface area (Å²) in [6.45, 7) is 3.06. The Kier molecular flexibility index (Phi) is 9.88. The van der Waals surface area contributed by atoms with E-state index in [0.29, 0.717) is 0 Å². The van der Waals surface area contributed by atoms with Gasteiger partial charge in [-0.05, 0) is 26.0 Å². The van der Waals surface area contributed by atoms with Gasteiger partial charge >= 0.3 is 0 Å². The van der Waals surface area contributed by atoms with E-state index in [0.717, 1.165) is 5.02 Å². The van der Waals surface area contributed by atoms with Crippen LogP contribution in [0, 0.1) is 0 Å². The summed E-state index contributed by atoms with van der Waals surface area (Å²) in [5, 5.41) is 0.794. The summed E-state index contributed by atoms with van der Waals surface area (Å²) in [5.41, 5.74) is 0. The van der Waals surface area contributed by atoms with E-state index in [-0.39, 0.29) is 5.78 Å². The molecule has 0 bridgehead atoms. The van der Waals surface area contributed by atoms with Crippen molar-refractivity contribution in [3.05, 3.63) is 71.8 Å². The smallest absolute Gasteiger partial charge is 0.126 e. The molecule has 0 aromatic heterocycles. The Morgan fingerprint density at radius 3 is 1.18 bits per heavy atom. The fourth-order valence-corrected chi connectivity index (χ4v) is 0.945. The zero-order valence-electron chi connectivity index (χ0n) is 10.1. The molecule has 2 rings (SSSR count). The highest BCUT2D eigenvalue weighted by atomic mass is 35.5. The van der Waals surface area contributed by atoms with Crippen LogP contribution in [0.15, 0.2) is 66.7 Å². The number of hydrogen-bond acceptors (Lipinski definition) is 1. The summed E-state index contributed by atoms with van der Waals surface area (Å²) in [4.78, 5) is 9.44. The third kappa shape index (κ3) is 14.4. The fourth-order valence-electron chi connectivity index (χ4n) is 0.800. The second-order valence-corrected chi connectivity index (χ2v) is 3.79. The molecule has 0 amide bonds. The Morgan fingerprint density at radius 1 is 0.765 bits per heavy atom. The number of carbonyl (C=O) groups excluding carboxylic acids is 1. The zero-order chi connectivity index (χ0) is 12.9. The van der Waals surface area contributed by atoms with Gasteiger partial charge in [0, 0.05) is 5.02 Å². The summed E-state index contributed by atoms with van der Waals surface area (Å²) in [6, 6.07) is 21.4. The molecule has 0 spiro atoms. The van der Waals surface area contributed by atoms with Gasteiger partial charge in [0.2, 0.25) is 0 Å². The van der Waals surface area contributed by atoms with E-state index < -0.39 is 0 Å². The van der Waals surface area contributed by atoms with Gasteiger partial charge < -0.3 is 4.79 Å². The van der Waals surface area contributed by atoms with Gasteiger partial charge in [0.1, 0.15) is 5.78 Å². The molecule has 17 heavy (non-hydrogen) atoms. The first-order valence-corrected chi connectivity index (χ1v) is 5.68. The Hall–Kier alpha value is -1.60. The van der Waals surface area contributed by atoms with Crippen LogP contribution in [0.25, 0.3) is 0 Å². The molecule has 0 N–H and O–H groups in total. The van der Waals surface area contributed by atoms with Crippen LogP contribution in [0.1, 0.15) is 13.8 Å². The number of carbonyl (C=O) groups is 1. The highest BCUT2D eigenvalue weighted by Crippen LogP contribution is 2.03. The van der Waals surface area contributed by atoms with Gasteiger partial charge in [-0.25, -0.2) is 0 Å². The minimum absolute atomic E-state index is 0.167. The predicted octanol–water partition coefficient (Wildman–Crippen LogP) is 4.62. The maximum Gasteiger partial charge on any atom is 0.126 e. The van der Waals surface area contributed by atoms with Crippen LogP contribution in [0.2, 0.25) is 5.02 Å². The molecule has 0 heterocycles.